The number of aryl methyl sites for hydroxylation is 1. The highest BCUT2D eigenvalue weighted by atomic mass is 35.5. The van der Waals surface area contributed by atoms with Crippen LogP contribution in [-0.4, -0.2) is 9.55 Å². The second kappa shape index (κ2) is 4.59. The number of aromatic nitrogens is 2. The van der Waals surface area contributed by atoms with Gasteiger partial charge in [-0.15, -0.1) is 0 Å². The zero-order chi connectivity index (χ0) is 12.4. The van der Waals surface area contributed by atoms with Crippen LogP contribution in [0.15, 0.2) is 39.9 Å². The largest absolute Gasteiger partial charge is 0.329 e. The van der Waals surface area contributed by atoms with Crippen LogP contribution in [0.1, 0.15) is 11.1 Å². The molecule has 0 saturated heterocycles. The van der Waals surface area contributed by atoms with Crippen molar-refractivity contribution in [1.29, 1.82) is 0 Å². The van der Waals surface area contributed by atoms with Crippen molar-refractivity contribution < 1.29 is 0 Å². The van der Waals surface area contributed by atoms with Crippen LogP contribution >= 0.6 is 11.6 Å². The van der Waals surface area contributed by atoms with Crippen LogP contribution in [0, 0.1) is 6.92 Å². The molecule has 0 fully saturated rings. The van der Waals surface area contributed by atoms with Gasteiger partial charge in [0.05, 0.1) is 6.54 Å². The van der Waals surface area contributed by atoms with E-state index in [1.165, 1.54) is 10.6 Å². The van der Waals surface area contributed by atoms with Gasteiger partial charge in [-0.25, -0.2) is 4.79 Å². The zero-order valence-corrected chi connectivity index (χ0v) is 9.99. The van der Waals surface area contributed by atoms with E-state index in [-0.39, 0.29) is 5.15 Å². The molecule has 0 amide bonds. The first kappa shape index (κ1) is 11.7. The van der Waals surface area contributed by atoms with Crippen molar-refractivity contribution in [3.8, 4) is 0 Å². The van der Waals surface area contributed by atoms with Crippen molar-refractivity contribution in [3.63, 3.8) is 0 Å². The standard InChI is InChI=1S/C12H11ClN2O2/c1-8-2-4-9(5-3-8)7-15-10(13)6-11(16)14-12(15)17/h2-6H,7H2,1H3,(H,14,16,17). The van der Waals surface area contributed by atoms with Crippen molar-refractivity contribution in [2.24, 2.45) is 0 Å². The minimum Gasteiger partial charge on any atom is -0.279 e. The second-order valence-electron chi connectivity index (χ2n) is 3.83. The average Bonchev–Trinajstić information content (AvgIpc) is 2.26. The molecule has 17 heavy (non-hydrogen) atoms. The van der Waals surface area contributed by atoms with Gasteiger partial charge >= 0.3 is 5.69 Å². The lowest BCUT2D eigenvalue weighted by Crippen LogP contribution is -2.30. The number of nitrogens with zero attached hydrogens (tertiary/aromatic N) is 1. The predicted octanol–water partition coefficient (Wildman–Crippen LogP) is 1.55. The van der Waals surface area contributed by atoms with E-state index >= 15 is 0 Å². The Hall–Kier alpha value is -1.81. The van der Waals surface area contributed by atoms with Crippen LogP contribution in [-0.2, 0) is 6.54 Å². The van der Waals surface area contributed by atoms with Crippen molar-refractivity contribution in [2.75, 3.05) is 0 Å². The minimum absolute atomic E-state index is 0.138. The van der Waals surface area contributed by atoms with Gasteiger partial charge in [0.15, 0.2) is 0 Å². The van der Waals surface area contributed by atoms with Crippen molar-refractivity contribution >= 4 is 11.6 Å². The van der Waals surface area contributed by atoms with Crippen LogP contribution in [0.2, 0.25) is 5.15 Å². The van der Waals surface area contributed by atoms with Gasteiger partial charge < -0.3 is 0 Å². The number of nitrogens with one attached hydrogen (secondary N) is 1. The highest BCUT2D eigenvalue weighted by Crippen LogP contribution is 2.08. The van der Waals surface area contributed by atoms with E-state index in [1.54, 1.807) is 0 Å². The van der Waals surface area contributed by atoms with Crippen LogP contribution in [0.5, 0.6) is 0 Å². The van der Waals surface area contributed by atoms with Crippen molar-refractivity contribution in [1.82, 2.24) is 9.55 Å². The summed E-state index contributed by atoms with van der Waals surface area (Å²) in [4.78, 5) is 24.7. The third-order valence-electron chi connectivity index (χ3n) is 2.44. The Bertz CT molecular complexity index is 641. The molecule has 0 spiro atoms. The molecule has 5 heteroatoms. The molecular formula is C12H11ClN2O2. The molecule has 1 N–H and O–H groups in total. The lowest BCUT2D eigenvalue weighted by atomic mass is 10.1. The summed E-state index contributed by atoms with van der Waals surface area (Å²) in [6, 6.07) is 8.95. The van der Waals surface area contributed by atoms with E-state index in [0.29, 0.717) is 6.54 Å². The normalized spacial score (nSPS) is 10.5. The Labute approximate surface area is 102 Å². The van der Waals surface area contributed by atoms with E-state index < -0.39 is 11.2 Å². The van der Waals surface area contributed by atoms with Crippen LogP contribution in [0.3, 0.4) is 0 Å². The van der Waals surface area contributed by atoms with Gasteiger partial charge in [-0.2, -0.15) is 0 Å². The lowest BCUT2D eigenvalue weighted by molar-refractivity contribution is 0.721. The van der Waals surface area contributed by atoms with Gasteiger partial charge in [0, 0.05) is 6.07 Å². The topological polar surface area (TPSA) is 54.9 Å². The van der Waals surface area contributed by atoms with Gasteiger partial charge in [-0.1, -0.05) is 41.4 Å². The summed E-state index contributed by atoms with van der Waals surface area (Å²) in [6.07, 6.45) is 0. The molecule has 1 aromatic carbocycles. The fraction of sp³-hybridized carbons (Fsp3) is 0.167. The summed E-state index contributed by atoms with van der Waals surface area (Å²) in [5.41, 5.74) is 1.11. The molecule has 0 saturated carbocycles. The van der Waals surface area contributed by atoms with E-state index in [4.69, 9.17) is 11.6 Å². The Morgan fingerprint density at radius 1 is 1.24 bits per heavy atom. The Balaban J connectivity index is 2.40. The first-order valence-corrected chi connectivity index (χ1v) is 5.49. The van der Waals surface area contributed by atoms with Crippen LogP contribution in [0.4, 0.5) is 0 Å². The predicted molar refractivity (Wildman–Crippen MR) is 66.6 cm³/mol. The third kappa shape index (κ3) is 2.65. The molecular weight excluding hydrogens is 240 g/mol. The highest BCUT2D eigenvalue weighted by Gasteiger charge is 2.04. The molecule has 1 heterocycles. The quantitative estimate of drug-likeness (QED) is 0.822. The molecule has 1 aromatic heterocycles. The summed E-state index contributed by atoms with van der Waals surface area (Å²) in [6.45, 7) is 2.33. The van der Waals surface area contributed by atoms with E-state index in [9.17, 15) is 9.59 Å². The molecule has 2 rings (SSSR count). The molecule has 0 aliphatic rings. The fourth-order valence-electron chi connectivity index (χ4n) is 1.52. The van der Waals surface area contributed by atoms with Gasteiger partial charge in [-0.05, 0) is 12.5 Å². The van der Waals surface area contributed by atoms with E-state index in [0.717, 1.165) is 11.1 Å². The number of benzene rings is 1. The number of hydrogen-bond acceptors (Lipinski definition) is 2. The van der Waals surface area contributed by atoms with Crippen LogP contribution in [0.25, 0.3) is 0 Å². The molecule has 0 unspecified atom stereocenters. The fourth-order valence-corrected chi connectivity index (χ4v) is 1.75. The first-order chi connectivity index (χ1) is 8.06. The monoisotopic (exact) mass is 250 g/mol. The number of rotatable bonds is 2. The zero-order valence-electron chi connectivity index (χ0n) is 9.24. The van der Waals surface area contributed by atoms with Gasteiger partial charge in [-0.3, -0.25) is 14.3 Å². The summed E-state index contributed by atoms with van der Waals surface area (Å²) in [5, 5.41) is 0.138. The first-order valence-electron chi connectivity index (χ1n) is 5.11. The summed E-state index contributed by atoms with van der Waals surface area (Å²) < 4.78 is 1.31. The number of halogens is 1. The number of aromatic amines is 1. The molecule has 2 aromatic rings. The Morgan fingerprint density at radius 3 is 2.47 bits per heavy atom. The van der Waals surface area contributed by atoms with Crippen molar-refractivity contribution in [2.45, 2.75) is 13.5 Å². The van der Waals surface area contributed by atoms with Gasteiger partial charge in [0.25, 0.3) is 5.56 Å². The van der Waals surface area contributed by atoms with Crippen molar-refractivity contribution in [3.05, 3.63) is 67.4 Å². The third-order valence-corrected chi connectivity index (χ3v) is 2.76. The number of hydrogen-bond donors (Lipinski definition) is 1. The molecule has 4 nitrogen and oxygen atoms in total. The lowest BCUT2D eigenvalue weighted by Gasteiger charge is -2.07. The molecule has 0 aliphatic carbocycles. The minimum atomic E-state index is -0.497. The second-order valence-corrected chi connectivity index (χ2v) is 4.22. The maximum Gasteiger partial charge on any atom is 0.329 e. The maximum absolute atomic E-state index is 11.6. The average molecular weight is 251 g/mol. The molecule has 0 atom stereocenters. The molecule has 0 aliphatic heterocycles. The van der Waals surface area contributed by atoms with E-state index in [2.05, 4.69) is 4.98 Å². The molecule has 88 valence electrons. The van der Waals surface area contributed by atoms with Gasteiger partial charge in [0.1, 0.15) is 5.15 Å². The smallest absolute Gasteiger partial charge is 0.279 e. The maximum atomic E-state index is 11.6. The Morgan fingerprint density at radius 2 is 1.88 bits per heavy atom. The molecule has 0 radical (unpaired) electrons. The van der Waals surface area contributed by atoms with Crippen LogP contribution < -0.4 is 11.2 Å². The Kier molecular flexibility index (Phi) is 3.15. The van der Waals surface area contributed by atoms with Gasteiger partial charge in [0.2, 0.25) is 0 Å². The SMILES string of the molecule is Cc1ccc(Cn2c(Cl)cc(=O)[nH]c2=O)cc1. The van der Waals surface area contributed by atoms with E-state index in [1.807, 2.05) is 31.2 Å². The summed E-state index contributed by atoms with van der Waals surface area (Å²) >= 11 is 5.86. The number of H-pyrrole nitrogens is 1. The highest BCUT2D eigenvalue weighted by molar-refractivity contribution is 6.29. The molecule has 0 bridgehead atoms. The summed E-state index contributed by atoms with van der Waals surface area (Å²) in [5.74, 6) is 0. The summed E-state index contributed by atoms with van der Waals surface area (Å²) in [7, 11) is 0.